The summed E-state index contributed by atoms with van der Waals surface area (Å²) in [5, 5.41) is 3.21. The molecule has 0 aliphatic heterocycles. The normalized spacial score (nSPS) is 13.6. The molecule has 1 aromatic carbocycles. The van der Waals surface area contributed by atoms with Crippen molar-refractivity contribution in [3.05, 3.63) is 28.2 Å². The maximum Gasteiger partial charge on any atom is 0.244 e. The molecular weight excluding hydrogens is 352 g/mol. The number of nitrogens with one attached hydrogen (secondary N) is 1. The molecule has 4 nitrogen and oxygen atoms in total. The van der Waals surface area contributed by atoms with Crippen LogP contribution in [0.4, 0.5) is 0 Å². The predicted molar refractivity (Wildman–Crippen MR) is 90.8 cm³/mol. The molecule has 1 unspecified atom stereocenters. The molecule has 0 bridgehead atoms. The predicted octanol–water partition coefficient (Wildman–Crippen LogP) is 3.37. The van der Waals surface area contributed by atoms with Gasteiger partial charge in [-0.25, -0.2) is 8.42 Å². The molecule has 1 rings (SSSR count). The third-order valence-electron chi connectivity index (χ3n) is 3.56. The summed E-state index contributed by atoms with van der Waals surface area (Å²) in [7, 11) is -1.83. The second-order valence-corrected chi connectivity index (χ2v) is 8.02. The molecule has 0 radical (unpaired) electrons. The van der Waals surface area contributed by atoms with Gasteiger partial charge in [-0.05, 0) is 53.5 Å². The first-order valence-corrected chi connectivity index (χ1v) is 9.55. The van der Waals surface area contributed by atoms with Crippen molar-refractivity contribution in [1.29, 1.82) is 0 Å². The molecule has 0 aromatic heterocycles. The number of benzene rings is 1. The van der Waals surface area contributed by atoms with E-state index >= 15 is 0 Å². The van der Waals surface area contributed by atoms with E-state index in [1.54, 1.807) is 19.2 Å². The Hall–Kier alpha value is -0.430. The Morgan fingerprint density at radius 2 is 2.00 bits per heavy atom. The smallest absolute Gasteiger partial charge is 0.244 e. The molecule has 120 valence electrons. The molecule has 6 heteroatoms. The molecule has 1 aromatic rings. The third-order valence-corrected chi connectivity index (χ3v) is 6.52. The lowest BCUT2D eigenvalue weighted by Crippen LogP contribution is -2.35. The standard InChI is InChI=1S/C15H25BrN2O2S/c1-5-7-12(3)18(4)21(19,20)15-10-13(11-17-6-2)8-9-14(15)16/h8-10,12,17H,5-7,11H2,1-4H3. The van der Waals surface area contributed by atoms with Crippen LogP contribution in [-0.2, 0) is 16.6 Å². The van der Waals surface area contributed by atoms with Gasteiger partial charge < -0.3 is 5.32 Å². The molecule has 0 aliphatic carbocycles. The summed E-state index contributed by atoms with van der Waals surface area (Å²) in [6.45, 7) is 7.55. The average molecular weight is 377 g/mol. The third kappa shape index (κ3) is 4.77. The molecule has 1 atom stereocenters. The lowest BCUT2D eigenvalue weighted by Gasteiger charge is -2.24. The largest absolute Gasteiger partial charge is 0.313 e. The second-order valence-electron chi connectivity index (χ2n) is 5.20. The first-order valence-electron chi connectivity index (χ1n) is 7.31. The van der Waals surface area contributed by atoms with Crippen LogP contribution in [-0.4, -0.2) is 32.4 Å². The molecule has 0 fully saturated rings. The Labute approximate surface area is 137 Å². The lowest BCUT2D eigenvalue weighted by molar-refractivity contribution is 0.368. The van der Waals surface area contributed by atoms with Crippen molar-refractivity contribution >= 4 is 26.0 Å². The van der Waals surface area contributed by atoms with Crippen LogP contribution in [0.1, 0.15) is 39.2 Å². The van der Waals surface area contributed by atoms with Gasteiger partial charge in [0.15, 0.2) is 0 Å². The summed E-state index contributed by atoms with van der Waals surface area (Å²) in [5.41, 5.74) is 0.968. The Morgan fingerprint density at radius 3 is 2.57 bits per heavy atom. The highest BCUT2D eigenvalue weighted by Gasteiger charge is 2.27. The Balaban J connectivity index is 3.12. The number of hydrogen-bond acceptors (Lipinski definition) is 3. The van der Waals surface area contributed by atoms with Crippen molar-refractivity contribution in [1.82, 2.24) is 9.62 Å². The van der Waals surface area contributed by atoms with E-state index in [9.17, 15) is 8.42 Å². The van der Waals surface area contributed by atoms with Gasteiger partial charge in [0.25, 0.3) is 0 Å². The summed E-state index contributed by atoms with van der Waals surface area (Å²) in [4.78, 5) is 0.336. The van der Waals surface area contributed by atoms with Gasteiger partial charge in [-0.15, -0.1) is 0 Å². The van der Waals surface area contributed by atoms with E-state index in [4.69, 9.17) is 0 Å². The van der Waals surface area contributed by atoms with E-state index in [1.165, 1.54) is 4.31 Å². The fraction of sp³-hybridized carbons (Fsp3) is 0.600. The average Bonchev–Trinajstić information content (AvgIpc) is 2.45. The molecule has 0 saturated carbocycles. The van der Waals surface area contributed by atoms with Crippen LogP contribution in [0.2, 0.25) is 0 Å². The maximum absolute atomic E-state index is 12.8. The second kappa shape index (κ2) is 8.27. The van der Waals surface area contributed by atoms with Gasteiger partial charge in [0.2, 0.25) is 10.0 Å². The van der Waals surface area contributed by atoms with Crippen molar-refractivity contribution < 1.29 is 8.42 Å². The number of sulfonamides is 1. The monoisotopic (exact) mass is 376 g/mol. The minimum absolute atomic E-state index is 0.00989. The first kappa shape index (κ1) is 18.6. The number of hydrogen-bond donors (Lipinski definition) is 1. The highest BCUT2D eigenvalue weighted by atomic mass is 79.9. The maximum atomic E-state index is 12.8. The fourth-order valence-electron chi connectivity index (χ4n) is 2.12. The van der Waals surface area contributed by atoms with Gasteiger partial charge in [0.1, 0.15) is 0 Å². The summed E-state index contributed by atoms with van der Waals surface area (Å²) in [6, 6.07) is 5.47. The summed E-state index contributed by atoms with van der Waals surface area (Å²) in [6.07, 6.45) is 1.81. The van der Waals surface area contributed by atoms with Crippen LogP contribution in [0.15, 0.2) is 27.6 Å². The van der Waals surface area contributed by atoms with Gasteiger partial charge in [-0.2, -0.15) is 4.31 Å². The van der Waals surface area contributed by atoms with Crippen molar-refractivity contribution in [2.75, 3.05) is 13.6 Å². The summed E-state index contributed by atoms with van der Waals surface area (Å²) < 4.78 is 27.6. The van der Waals surface area contributed by atoms with Crippen molar-refractivity contribution in [2.24, 2.45) is 0 Å². The first-order chi connectivity index (χ1) is 9.84. The summed E-state index contributed by atoms with van der Waals surface area (Å²) >= 11 is 3.36. The highest BCUT2D eigenvalue weighted by Crippen LogP contribution is 2.27. The molecule has 21 heavy (non-hydrogen) atoms. The van der Waals surface area contributed by atoms with Crippen LogP contribution in [0.3, 0.4) is 0 Å². The van der Waals surface area contributed by atoms with Gasteiger partial charge in [0, 0.05) is 24.1 Å². The minimum atomic E-state index is -3.48. The molecule has 0 aliphatic rings. The van der Waals surface area contributed by atoms with Gasteiger partial charge in [-0.3, -0.25) is 0 Å². The quantitative estimate of drug-likeness (QED) is 0.756. The zero-order valence-corrected chi connectivity index (χ0v) is 15.6. The molecule has 0 spiro atoms. The molecule has 0 saturated heterocycles. The number of nitrogens with zero attached hydrogens (tertiary/aromatic N) is 1. The van der Waals surface area contributed by atoms with E-state index in [2.05, 4.69) is 28.2 Å². The van der Waals surface area contributed by atoms with E-state index in [0.29, 0.717) is 15.9 Å². The molecule has 1 N–H and O–H groups in total. The van der Waals surface area contributed by atoms with Crippen LogP contribution in [0.5, 0.6) is 0 Å². The van der Waals surface area contributed by atoms with Crippen LogP contribution in [0, 0.1) is 0 Å². The van der Waals surface area contributed by atoms with E-state index in [0.717, 1.165) is 24.9 Å². The Kier molecular flexibility index (Phi) is 7.33. The Bertz CT molecular complexity index is 561. The van der Waals surface area contributed by atoms with Crippen molar-refractivity contribution in [3.63, 3.8) is 0 Å². The molecular formula is C15H25BrN2O2S. The Morgan fingerprint density at radius 1 is 1.33 bits per heavy atom. The van der Waals surface area contributed by atoms with E-state index < -0.39 is 10.0 Å². The van der Waals surface area contributed by atoms with E-state index in [1.807, 2.05) is 19.9 Å². The minimum Gasteiger partial charge on any atom is -0.313 e. The van der Waals surface area contributed by atoms with Gasteiger partial charge in [-0.1, -0.05) is 26.3 Å². The summed E-state index contributed by atoms with van der Waals surface area (Å²) in [5.74, 6) is 0. The van der Waals surface area contributed by atoms with Crippen LogP contribution < -0.4 is 5.32 Å². The topological polar surface area (TPSA) is 49.4 Å². The van der Waals surface area contributed by atoms with Gasteiger partial charge in [0.05, 0.1) is 4.90 Å². The number of halogens is 1. The van der Waals surface area contributed by atoms with Crippen molar-refractivity contribution in [3.8, 4) is 0 Å². The van der Waals surface area contributed by atoms with Gasteiger partial charge >= 0.3 is 0 Å². The van der Waals surface area contributed by atoms with Crippen LogP contribution >= 0.6 is 15.9 Å². The van der Waals surface area contributed by atoms with Crippen molar-refractivity contribution in [2.45, 2.75) is 51.1 Å². The zero-order valence-electron chi connectivity index (χ0n) is 13.2. The fourth-order valence-corrected chi connectivity index (χ4v) is 4.48. The zero-order chi connectivity index (χ0) is 16.0. The SMILES string of the molecule is CCCC(C)N(C)S(=O)(=O)c1cc(CNCC)ccc1Br. The lowest BCUT2D eigenvalue weighted by atomic mass is 10.2. The highest BCUT2D eigenvalue weighted by molar-refractivity contribution is 9.10. The van der Waals surface area contributed by atoms with Crippen LogP contribution in [0.25, 0.3) is 0 Å². The molecule has 0 amide bonds. The van der Waals surface area contributed by atoms with E-state index in [-0.39, 0.29) is 6.04 Å². The molecule has 0 heterocycles. The number of rotatable bonds is 8.